The summed E-state index contributed by atoms with van der Waals surface area (Å²) in [6.45, 7) is 3.01. The van der Waals surface area contributed by atoms with Crippen LogP contribution in [0, 0.1) is 0 Å². The quantitative estimate of drug-likeness (QED) is 0.539. The molecular formula is C18H28N2O4. The van der Waals surface area contributed by atoms with Crippen LogP contribution in [0.4, 0.5) is 0 Å². The van der Waals surface area contributed by atoms with E-state index in [-0.39, 0.29) is 11.8 Å². The van der Waals surface area contributed by atoms with Gasteiger partial charge in [-0.25, -0.2) is 0 Å². The zero-order chi connectivity index (χ0) is 17.8. The second kappa shape index (κ2) is 11.3. The minimum atomic E-state index is -0.325. The maximum absolute atomic E-state index is 10.7. The maximum atomic E-state index is 10.7. The van der Waals surface area contributed by atoms with E-state index in [1.165, 1.54) is 0 Å². The summed E-state index contributed by atoms with van der Waals surface area (Å²) < 4.78 is 11.4. The van der Waals surface area contributed by atoms with Gasteiger partial charge in [-0.2, -0.15) is 0 Å². The van der Waals surface area contributed by atoms with Gasteiger partial charge in [-0.1, -0.05) is 13.3 Å². The zero-order valence-corrected chi connectivity index (χ0v) is 14.4. The molecule has 0 unspecified atom stereocenters. The Morgan fingerprint density at radius 3 is 1.79 bits per heavy atom. The number of carbonyl (C=O) groups excluding carboxylic acids is 2. The summed E-state index contributed by atoms with van der Waals surface area (Å²) >= 11 is 0. The Hall–Kier alpha value is -2.24. The van der Waals surface area contributed by atoms with E-state index in [9.17, 15) is 9.59 Å². The van der Waals surface area contributed by atoms with E-state index in [1.54, 1.807) is 0 Å². The number of hydrogen-bond donors (Lipinski definition) is 2. The lowest BCUT2D eigenvalue weighted by atomic mass is 10.1. The molecule has 1 aromatic rings. The first-order chi connectivity index (χ1) is 11.5. The highest BCUT2D eigenvalue weighted by molar-refractivity contribution is 5.73. The van der Waals surface area contributed by atoms with Crippen LogP contribution in [-0.4, -0.2) is 25.0 Å². The molecule has 134 valence electrons. The van der Waals surface area contributed by atoms with E-state index < -0.39 is 0 Å². The van der Waals surface area contributed by atoms with Crippen LogP contribution in [0.25, 0.3) is 0 Å². The topological polar surface area (TPSA) is 105 Å². The standard InChI is InChI=1S/C18H28N2O4/c1-2-3-6-14-11-15(23-9-4-7-17(19)21)13-16(12-14)24-10-5-8-18(20)22/h11-13H,2-10H2,1H3,(H2,19,21)(H2,20,22). The predicted octanol–water partition coefficient (Wildman–Crippen LogP) is 2.32. The van der Waals surface area contributed by atoms with E-state index in [2.05, 4.69) is 6.92 Å². The van der Waals surface area contributed by atoms with Crippen molar-refractivity contribution in [1.82, 2.24) is 0 Å². The molecule has 6 heteroatoms. The molecular weight excluding hydrogens is 308 g/mol. The van der Waals surface area contributed by atoms with Crippen LogP contribution < -0.4 is 20.9 Å². The summed E-state index contributed by atoms with van der Waals surface area (Å²) in [5.74, 6) is 0.790. The molecule has 0 bridgehead atoms. The molecule has 24 heavy (non-hydrogen) atoms. The van der Waals surface area contributed by atoms with Gasteiger partial charge in [0.15, 0.2) is 0 Å². The molecule has 0 heterocycles. The number of aryl methyl sites for hydroxylation is 1. The Labute approximate surface area is 143 Å². The lowest BCUT2D eigenvalue weighted by molar-refractivity contribution is -0.119. The Kier molecular flexibility index (Phi) is 9.34. The molecule has 4 N–H and O–H groups in total. The number of ether oxygens (including phenoxy) is 2. The van der Waals surface area contributed by atoms with Crippen LogP contribution in [0.2, 0.25) is 0 Å². The zero-order valence-electron chi connectivity index (χ0n) is 14.4. The van der Waals surface area contributed by atoms with E-state index in [0.717, 1.165) is 36.3 Å². The highest BCUT2D eigenvalue weighted by atomic mass is 16.5. The molecule has 1 aromatic carbocycles. The van der Waals surface area contributed by atoms with Crippen LogP contribution in [0.15, 0.2) is 18.2 Å². The lowest BCUT2D eigenvalue weighted by Gasteiger charge is -2.12. The largest absolute Gasteiger partial charge is 0.493 e. The van der Waals surface area contributed by atoms with Gasteiger partial charge in [0.25, 0.3) is 0 Å². The third-order valence-corrected chi connectivity index (χ3v) is 3.43. The van der Waals surface area contributed by atoms with E-state index in [0.29, 0.717) is 38.9 Å². The first-order valence-corrected chi connectivity index (χ1v) is 8.47. The first kappa shape index (κ1) is 19.8. The van der Waals surface area contributed by atoms with Crippen LogP contribution in [0.3, 0.4) is 0 Å². The van der Waals surface area contributed by atoms with Gasteiger partial charge in [0.1, 0.15) is 11.5 Å². The third-order valence-electron chi connectivity index (χ3n) is 3.43. The molecule has 0 aliphatic heterocycles. The summed E-state index contributed by atoms with van der Waals surface area (Å²) in [7, 11) is 0. The van der Waals surface area contributed by atoms with Gasteiger partial charge in [0.2, 0.25) is 11.8 Å². The smallest absolute Gasteiger partial charge is 0.217 e. The van der Waals surface area contributed by atoms with Gasteiger partial charge in [0, 0.05) is 18.9 Å². The molecule has 0 spiro atoms. The molecule has 6 nitrogen and oxygen atoms in total. The van der Waals surface area contributed by atoms with Crippen molar-refractivity contribution in [2.75, 3.05) is 13.2 Å². The van der Waals surface area contributed by atoms with Gasteiger partial charge >= 0.3 is 0 Å². The Morgan fingerprint density at radius 1 is 0.875 bits per heavy atom. The highest BCUT2D eigenvalue weighted by Gasteiger charge is 2.05. The molecule has 0 saturated heterocycles. The molecule has 0 fully saturated rings. The molecule has 0 atom stereocenters. The van der Waals surface area contributed by atoms with E-state index in [4.69, 9.17) is 20.9 Å². The van der Waals surface area contributed by atoms with Crippen LogP contribution >= 0.6 is 0 Å². The van der Waals surface area contributed by atoms with Crippen molar-refractivity contribution < 1.29 is 19.1 Å². The molecule has 0 aromatic heterocycles. The second-order valence-corrected chi connectivity index (χ2v) is 5.75. The average Bonchev–Trinajstić information content (AvgIpc) is 2.53. The van der Waals surface area contributed by atoms with Crippen molar-refractivity contribution in [3.05, 3.63) is 23.8 Å². The summed E-state index contributed by atoms with van der Waals surface area (Å²) in [5.41, 5.74) is 11.4. The van der Waals surface area contributed by atoms with Crippen LogP contribution in [-0.2, 0) is 16.0 Å². The van der Waals surface area contributed by atoms with Crippen molar-refractivity contribution in [3.63, 3.8) is 0 Å². The molecule has 0 aliphatic rings. The monoisotopic (exact) mass is 336 g/mol. The van der Waals surface area contributed by atoms with Gasteiger partial charge in [0.05, 0.1) is 13.2 Å². The number of unbranched alkanes of at least 4 members (excludes halogenated alkanes) is 1. The summed E-state index contributed by atoms with van der Waals surface area (Å²) in [6, 6.07) is 5.82. The minimum absolute atomic E-state index is 0.312. The SMILES string of the molecule is CCCCc1cc(OCCCC(N)=O)cc(OCCCC(N)=O)c1. The Balaban J connectivity index is 2.61. The lowest BCUT2D eigenvalue weighted by Crippen LogP contribution is -2.12. The van der Waals surface area contributed by atoms with Crippen molar-refractivity contribution in [3.8, 4) is 11.5 Å². The average molecular weight is 336 g/mol. The number of nitrogens with two attached hydrogens (primary N) is 2. The molecule has 2 amide bonds. The third kappa shape index (κ3) is 9.02. The van der Waals surface area contributed by atoms with Gasteiger partial charge in [-0.15, -0.1) is 0 Å². The molecule has 0 saturated carbocycles. The molecule has 0 aliphatic carbocycles. The first-order valence-electron chi connectivity index (χ1n) is 8.47. The fraction of sp³-hybridized carbons (Fsp3) is 0.556. The number of carbonyl (C=O) groups is 2. The number of hydrogen-bond acceptors (Lipinski definition) is 4. The number of benzene rings is 1. The minimum Gasteiger partial charge on any atom is -0.493 e. The normalized spacial score (nSPS) is 10.4. The Bertz CT molecular complexity index is 492. The number of primary amides is 2. The van der Waals surface area contributed by atoms with Crippen molar-refractivity contribution in [2.45, 2.75) is 51.9 Å². The predicted molar refractivity (Wildman–Crippen MR) is 92.9 cm³/mol. The Morgan fingerprint density at radius 2 is 1.38 bits per heavy atom. The van der Waals surface area contributed by atoms with Crippen molar-refractivity contribution in [1.29, 1.82) is 0 Å². The fourth-order valence-electron chi connectivity index (χ4n) is 2.20. The summed E-state index contributed by atoms with van der Waals surface area (Å²) in [5, 5.41) is 0. The van der Waals surface area contributed by atoms with Crippen molar-refractivity contribution >= 4 is 11.8 Å². The van der Waals surface area contributed by atoms with Crippen LogP contribution in [0.5, 0.6) is 11.5 Å². The summed E-state index contributed by atoms with van der Waals surface area (Å²) in [6.07, 6.45) is 4.95. The second-order valence-electron chi connectivity index (χ2n) is 5.75. The van der Waals surface area contributed by atoms with Gasteiger partial charge < -0.3 is 20.9 Å². The van der Waals surface area contributed by atoms with E-state index in [1.807, 2.05) is 18.2 Å². The van der Waals surface area contributed by atoms with Crippen LogP contribution in [0.1, 0.15) is 51.0 Å². The van der Waals surface area contributed by atoms with Gasteiger partial charge in [-0.05, 0) is 43.4 Å². The van der Waals surface area contributed by atoms with E-state index >= 15 is 0 Å². The number of amides is 2. The number of rotatable bonds is 13. The summed E-state index contributed by atoms with van der Waals surface area (Å²) in [4.78, 5) is 21.5. The highest BCUT2D eigenvalue weighted by Crippen LogP contribution is 2.24. The maximum Gasteiger partial charge on any atom is 0.217 e. The van der Waals surface area contributed by atoms with Gasteiger partial charge in [-0.3, -0.25) is 9.59 Å². The molecule has 1 rings (SSSR count). The molecule has 0 radical (unpaired) electrons. The van der Waals surface area contributed by atoms with Crippen molar-refractivity contribution in [2.24, 2.45) is 11.5 Å². The fourth-order valence-corrected chi connectivity index (χ4v) is 2.20.